The topological polar surface area (TPSA) is 106 Å². The third-order valence-corrected chi connectivity index (χ3v) is 6.36. The summed E-state index contributed by atoms with van der Waals surface area (Å²) < 4.78 is 64.8. The zero-order chi connectivity index (χ0) is 12.3. The first-order chi connectivity index (χ1) is 7.37. The van der Waals surface area contributed by atoms with Crippen LogP contribution in [0.4, 0.5) is 0 Å². The Kier molecular flexibility index (Phi) is 4.02. The zero-order valence-corrected chi connectivity index (χ0v) is 10.2. The fourth-order valence-electron chi connectivity index (χ4n) is 0.922. The van der Waals surface area contributed by atoms with E-state index in [4.69, 9.17) is 0 Å². The predicted molar refractivity (Wildman–Crippen MR) is 56.1 cm³/mol. The second kappa shape index (κ2) is 4.91. The van der Waals surface area contributed by atoms with Gasteiger partial charge in [-0.25, -0.2) is 25.3 Å². The van der Waals surface area contributed by atoms with Crippen LogP contribution in [0.5, 0.6) is 0 Å². The summed E-state index contributed by atoms with van der Waals surface area (Å²) in [6.45, 7) is 0. The Labute approximate surface area is 95.5 Å². The summed E-state index contributed by atoms with van der Waals surface area (Å²) in [5.41, 5.74) is 0. The van der Waals surface area contributed by atoms with Gasteiger partial charge in [0.05, 0.1) is 4.90 Å². The molecule has 0 bridgehead atoms. The number of nitrogens with zero attached hydrogens (tertiary/aromatic N) is 1. The monoisotopic (exact) mass is 285 g/mol. The zero-order valence-electron chi connectivity index (χ0n) is 7.59. The molecular formula is C6H7NO6S3. The number of thiol groups is 2. The minimum absolute atomic E-state index is 0.409. The smallest absolute Gasteiger partial charge is 0.213 e. The molecule has 0 fully saturated rings. The van der Waals surface area contributed by atoms with Crippen LogP contribution >= 0.6 is 0 Å². The van der Waals surface area contributed by atoms with Gasteiger partial charge in [0.15, 0.2) is 0 Å². The SMILES string of the molecule is O=[SH](=O)N([SH](=O)=O)S(=O)(=O)c1ccccc1. The minimum Gasteiger partial charge on any atom is -0.213 e. The fourth-order valence-corrected chi connectivity index (χ4v) is 4.06. The molecule has 1 rings (SSSR count). The normalized spacial score (nSPS) is 12.4. The highest BCUT2D eigenvalue weighted by Crippen LogP contribution is 2.14. The first kappa shape index (κ1) is 13.1. The van der Waals surface area contributed by atoms with Crippen LogP contribution in [0.15, 0.2) is 35.2 Å². The second-order valence-corrected chi connectivity index (χ2v) is 6.91. The second-order valence-electron chi connectivity index (χ2n) is 2.52. The van der Waals surface area contributed by atoms with E-state index in [0.29, 0.717) is 0 Å². The standard InChI is InChI=1S/C6H7NO6S3/c8-14(9)7(15(10)11)16(12,13)6-4-2-1-3-5-6/h1-5,14-15H. The molecule has 0 amide bonds. The first-order valence-corrected chi connectivity index (χ1v) is 7.46. The Bertz CT molecular complexity index is 577. The highest BCUT2D eigenvalue weighted by Gasteiger charge is 2.29. The van der Waals surface area contributed by atoms with E-state index >= 15 is 0 Å². The molecule has 0 aliphatic heterocycles. The molecule has 90 valence electrons. The van der Waals surface area contributed by atoms with Crippen molar-refractivity contribution in [1.82, 2.24) is 3.12 Å². The fraction of sp³-hybridized carbons (Fsp3) is 0. The van der Waals surface area contributed by atoms with Crippen LogP contribution in [-0.4, -0.2) is 28.4 Å². The van der Waals surface area contributed by atoms with Gasteiger partial charge in [-0.3, -0.25) is 0 Å². The molecule has 0 atom stereocenters. The van der Waals surface area contributed by atoms with Gasteiger partial charge < -0.3 is 0 Å². The Balaban J connectivity index is 3.42. The van der Waals surface area contributed by atoms with E-state index in [1.807, 2.05) is 0 Å². The number of hydrogen-bond acceptors (Lipinski definition) is 6. The van der Waals surface area contributed by atoms with Crippen LogP contribution in [0.2, 0.25) is 0 Å². The summed E-state index contributed by atoms with van der Waals surface area (Å²) in [5, 5.41) is 0. The van der Waals surface area contributed by atoms with Crippen molar-refractivity contribution in [3.8, 4) is 0 Å². The maximum atomic E-state index is 11.6. The average molecular weight is 285 g/mol. The van der Waals surface area contributed by atoms with Crippen molar-refractivity contribution in [2.24, 2.45) is 0 Å². The predicted octanol–water partition coefficient (Wildman–Crippen LogP) is -1.27. The van der Waals surface area contributed by atoms with Crippen molar-refractivity contribution in [3.05, 3.63) is 30.3 Å². The lowest BCUT2D eigenvalue weighted by Gasteiger charge is -2.07. The summed E-state index contributed by atoms with van der Waals surface area (Å²) in [5.74, 6) is 0. The molecule has 7 nitrogen and oxygen atoms in total. The van der Waals surface area contributed by atoms with Crippen LogP contribution in [0.3, 0.4) is 0 Å². The lowest BCUT2D eigenvalue weighted by molar-refractivity contribution is 0.547. The van der Waals surface area contributed by atoms with Crippen LogP contribution < -0.4 is 0 Å². The molecular weight excluding hydrogens is 278 g/mol. The van der Waals surface area contributed by atoms with Gasteiger partial charge in [-0.2, -0.15) is 0 Å². The molecule has 0 aromatic heterocycles. The van der Waals surface area contributed by atoms with E-state index in [0.717, 1.165) is 12.1 Å². The summed E-state index contributed by atoms with van der Waals surface area (Å²) in [4.78, 5) is -0.409. The Morgan fingerprint density at radius 1 is 0.875 bits per heavy atom. The maximum Gasteiger partial charge on any atom is 0.269 e. The number of rotatable bonds is 4. The lowest BCUT2D eigenvalue weighted by Crippen LogP contribution is -2.28. The molecule has 0 aliphatic rings. The van der Waals surface area contributed by atoms with Gasteiger partial charge >= 0.3 is 0 Å². The third-order valence-electron chi connectivity index (χ3n) is 1.54. The molecule has 1 aromatic rings. The highest BCUT2D eigenvalue weighted by molar-refractivity contribution is 8.07. The maximum absolute atomic E-state index is 11.6. The third kappa shape index (κ3) is 2.58. The van der Waals surface area contributed by atoms with Crippen molar-refractivity contribution < 1.29 is 25.3 Å². The van der Waals surface area contributed by atoms with E-state index in [9.17, 15) is 25.3 Å². The number of sulfonamides is 1. The van der Waals surface area contributed by atoms with Gasteiger partial charge in [-0.05, 0) is 12.1 Å². The first-order valence-electron chi connectivity index (χ1n) is 3.76. The van der Waals surface area contributed by atoms with Crippen LogP contribution in [0.25, 0.3) is 0 Å². The quantitative estimate of drug-likeness (QED) is 0.668. The van der Waals surface area contributed by atoms with Crippen LogP contribution in [0.1, 0.15) is 0 Å². The molecule has 0 N–H and O–H groups in total. The van der Waals surface area contributed by atoms with Crippen molar-refractivity contribution in [2.45, 2.75) is 4.90 Å². The summed E-state index contributed by atoms with van der Waals surface area (Å²) in [6, 6.07) is 6.40. The highest BCUT2D eigenvalue weighted by atomic mass is 32.3. The van der Waals surface area contributed by atoms with Crippen LogP contribution in [0, 0.1) is 0 Å². The van der Waals surface area contributed by atoms with Gasteiger partial charge in [0.1, 0.15) is 0 Å². The minimum atomic E-state index is -4.56. The van der Waals surface area contributed by atoms with Gasteiger partial charge in [-0.1, -0.05) is 18.2 Å². The van der Waals surface area contributed by atoms with Gasteiger partial charge in [0.25, 0.3) is 10.0 Å². The molecule has 0 unspecified atom stereocenters. The molecule has 1 aromatic carbocycles. The number of hydrogen-bond donors (Lipinski definition) is 2. The van der Waals surface area contributed by atoms with Crippen molar-refractivity contribution >= 4 is 31.8 Å². The van der Waals surface area contributed by atoms with E-state index in [2.05, 4.69) is 0 Å². The molecule has 0 saturated heterocycles. The van der Waals surface area contributed by atoms with E-state index < -0.39 is 39.8 Å². The van der Waals surface area contributed by atoms with Gasteiger partial charge in [0.2, 0.25) is 21.8 Å². The van der Waals surface area contributed by atoms with Crippen molar-refractivity contribution in [2.75, 3.05) is 0 Å². The number of benzene rings is 1. The summed E-state index contributed by atoms with van der Waals surface area (Å²) >= 11 is 0. The van der Waals surface area contributed by atoms with E-state index in [1.165, 1.54) is 18.2 Å². The Morgan fingerprint density at radius 2 is 1.31 bits per heavy atom. The van der Waals surface area contributed by atoms with Gasteiger partial charge in [-0.15, -0.1) is 0 Å². The van der Waals surface area contributed by atoms with E-state index in [-0.39, 0.29) is 0 Å². The van der Waals surface area contributed by atoms with E-state index in [1.54, 1.807) is 0 Å². The molecule has 0 aliphatic carbocycles. The molecule has 0 spiro atoms. The van der Waals surface area contributed by atoms with Crippen LogP contribution in [-0.2, 0) is 31.8 Å². The van der Waals surface area contributed by atoms with Gasteiger partial charge in [0, 0.05) is 3.12 Å². The molecule has 16 heavy (non-hydrogen) atoms. The van der Waals surface area contributed by atoms with Crippen molar-refractivity contribution in [1.29, 1.82) is 0 Å². The largest absolute Gasteiger partial charge is 0.269 e. The lowest BCUT2D eigenvalue weighted by atomic mass is 10.4. The molecule has 0 saturated carbocycles. The molecule has 0 heterocycles. The van der Waals surface area contributed by atoms with Crippen molar-refractivity contribution in [3.63, 3.8) is 0 Å². The molecule has 10 heteroatoms. The average Bonchev–Trinajstić information content (AvgIpc) is 2.17. The summed E-state index contributed by atoms with van der Waals surface area (Å²) in [6.07, 6.45) is 0. The summed E-state index contributed by atoms with van der Waals surface area (Å²) in [7, 11) is -12.1. The molecule has 0 radical (unpaired) electrons. The Hall–Kier alpha value is -0.970. The Morgan fingerprint density at radius 3 is 1.69 bits per heavy atom.